The summed E-state index contributed by atoms with van der Waals surface area (Å²) in [5.74, 6) is 2.16. The van der Waals surface area contributed by atoms with Crippen LogP contribution >= 0.6 is 0 Å². The van der Waals surface area contributed by atoms with Crippen LogP contribution in [-0.4, -0.2) is 47.1 Å². The molecule has 2 aliphatic rings. The van der Waals surface area contributed by atoms with E-state index in [0.29, 0.717) is 44.2 Å². The van der Waals surface area contributed by atoms with E-state index in [9.17, 15) is 4.79 Å². The van der Waals surface area contributed by atoms with Crippen LogP contribution in [-0.2, 0) is 17.7 Å². The van der Waals surface area contributed by atoms with Gasteiger partial charge in [-0.25, -0.2) is 9.97 Å². The van der Waals surface area contributed by atoms with Crippen molar-refractivity contribution in [3.8, 4) is 5.88 Å². The van der Waals surface area contributed by atoms with Gasteiger partial charge in [0.15, 0.2) is 5.89 Å². The first-order chi connectivity index (χ1) is 12.3. The Bertz CT molecular complexity index is 767. The Morgan fingerprint density at radius 3 is 3.20 bits per heavy atom. The molecule has 1 fully saturated rings. The number of aromatic nitrogens is 2. The average molecular weight is 343 g/mol. The van der Waals surface area contributed by atoms with E-state index in [2.05, 4.69) is 9.97 Å². The Kier molecular flexibility index (Phi) is 4.40. The minimum atomic E-state index is -0.0871. The number of hydrogen-bond donors (Lipinski definition) is 0. The summed E-state index contributed by atoms with van der Waals surface area (Å²) in [4.78, 5) is 23.5. The molecule has 25 heavy (non-hydrogen) atoms. The average Bonchev–Trinajstić information content (AvgIpc) is 3.30. The third-order valence-electron chi connectivity index (χ3n) is 4.59. The molecule has 1 amide bonds. The summed E-state index contributed by atoms with van der Waals surface area (Å²) in [6.07, 6.45) is 3.24. The number of oxazole rings is 1. The lowest BCUT2D eigenvalue weighted by Crippen LogP contribution is -2.36. The minimum absolute atomic E-state index is 0.0871. The SMILES string of the molecule is CCOc1ncccc1C(=O)N1CCc2oc(C3CCOC3)nc2C1. The number of hydrogen-bond acceptors (Lipinski definition) is 6. The minimum Gasteiger partial charge on any atom is -0.477 e. The molecule has 4 heterocycles. The standard InChI is InChI=1S/C18H21N3O4/c1-2-24-17-13(4-3-7-19-17)18(22)21-8-5-15-14(10-21)20-16(25-15)12-6-9-23-11-12/h3-4,7,12H,2,5-6,8-11H2,1H3. The van der Waals surface area contributed by atoms with Crippen molar-refractivity contribution >= 4 is 5.91 Å². The lowest BCUT2D eigenvalue weighted by Gasteiger charge is -2.25. The Hall–Kier alpha value is -2.41. The highest BCUT2D eigenvalue weighted by molar-refractivity contribution is 5.96. The summed E-state index contributed by atoms with van der Waals surface area (Å²) in [5.41, 5.74) is 1.34. The van der Waals surface area contributed by atoms with Gasteiger partial charge in [0, 0.05) is 25.8 Å². The molecule has 132 valence electrons. The van der Waals surface area contributed by atoms with Crippen LogP contribution in [0.5, 0.6) is 5.88 Å². The van der Waals surface area contributed by atoms with Gasteiger partial charge in [0.25, 0.3) is 5.91 Å². The number of pyridine rings is 1. The largest absolute Gasteiger partial charge is 0.477 e. The van der Waals surface area contributed by atoms with Gasteiger partial charge in [0.2, 0.25) is 5.88 Å². The van der Waals surface area contributed by atoms with E-state index in [1.54, 1.807) is 23.2 Å². The van der Waals surface area contributed by atoms with Gasteiger partial charge in [-0.3, -0.25) is 4.79 Å². The van der Waals surface area contributed by atoms with E-state index in [-0.39, 0.29) is 11.8 Å². The lowest BCUT2D eigenvalue weighted by molar-refractivity contribution is 0.0722. The molecule has 0 saturated carbocycles. The van der Waals surface area contributed by atoms with Crippen LogP contribution in [0, 0.1) is 0 Å². The van der Waals surface area contributed by atoms with Crippen LogP contribution < -0.4 is 4.74 Å². The first kappa shape index (κ1) is 16.1. The van der Waals surface area contributed by atoms with Crippen LogP contribution in [0.2, 0.25) is 0 Å². The van der Waals surface area contributed by atoms with E-state index in [0.717, 1.165) is 30.4 Å². The van der Waals surface area contributed by atoms with Crippen molar-refractivity contribution in [3.63, 3.8) is 0 Å². The highest BCUT2D eigenvalue weighted by atomic mass is 16.5. The maximum absolute atomic E-state index is 12.9. The fraction of sp³-hybridized carbons (Fsp3) is 0.500. The number of amides is 1. The summed E-state index contributed by atoms with van der Waals surface area (Å²) in [6.45, 7) is 4.81. The molecule has 2 aromatic rings. The van der Waals surface area contributed by atoms with Crippen LogP contribution in [0.4, 0.5) is 0 Å². The zero-order chi connectivity index (χ0) is 17.2. The Labute approximate surface area is 146 Å². The van der Waals surface area contributed by atoms with Gasteiger partial charge in [-0.2, -0.15) is 0 Å². The molecule has 0 bridgehead atoms. The molecule has 7 heteroatoms. The van der Waals surface area contributed by atoms with Gasteiger partial charge in [0.05, 0.1) is 25.7 Å². The van der Waals surface area contributed by atoms with Crippen molar-refractivity contribution in [3.05, 3.63) is 41.2 Å². The monoisotopic (exact) mass is 343 g/mol. The highest BCUT2D eigenvalue weighted by Crippen LogP contribution is 2.29. The first-order valence-electron chi connectivity index (χ1n) is 8.69. The highest BCUT2D eigenvalue weighted by Gasteiger charge is 2.30. The number of nitrogens with zero attached hydrogens (tertiary/aromatic N) is 3. The van der Waals surface area contributed by atoms with Gasteiger partial charge in [0.1, 0.15) is 17.0 Å². The molecule has 0 radical (unpaired) electrons. The van der Waals surface area contributed by atoms with E-state index in [1.807, 2.05) is 6.92 Å². The van der Waals surface area contributed by atoms with Gasteiger partial charge in [-0.05, 0) is 25.5 Å². The fourth-order valence-electron chi connectivity index (χ4n) is 3.27. The second kappa shape index (κ2) is 6.84. The predicted octanol–water partition coefficient (Wildman–Crippen LogP) is 2.17. The topological polar surface area (TPSA) is 77.7 Å². The van der Waals surface area contributed by atoms with E-state index >= 15 is 0 Å². The molecule has 1 unspecified atom stereocenters. The van der Waals surface area contributed by atoms with Crippen LogP contribution in [0.3, 0.4) is 0 Å². The molecule has 4 rings (SSSR count). The molecule has 2 aliphatic heterocycles. The molecule has 1 atom stereocenters. The molecular formula is C18H21N3O4. The predicted molar refractivity (Wildman–Crippen MR) is 88.5 cm³/mol. The number of carbonyl (C=O) groups excluding carboxylic acids is 1. The molecule has 0 N–H and O–H groups in total. The fourth-order valence-corrected chi connectivity index (χ4v) is 3.27. The van der Waals surface area contributed by atoms with Gasteiger partial charge in [-0.15, -0.1) is 0 Å². The maximum atomic E-state index is 12.9. The molecule has 0 spiro atoms. The zero-order valence-corrected chi connectivity index (χ0v) is 14.2. The van der Waals surface area contributed by atoms with E-state index in [1.165, 1.54) is 0 Å². The summed E-state index contributed by atoms with van der Waals surface area (Å²) < 4.78 is 16.8. The third kappa shape index (κ3) is 3.11. The number of fused-ring (bicyclic) bond motifs is 1. The van der Waals surface area contributed by atoms with Crippen LogP contribution in [0.1, 0.15) is 47.0 Å². The first-order valence-corrected chi connectivity index (χ1v) is 8.69. The van der Waals surface area contributed by atoms with Gasteiger partial charge in [-0.1, -0.05) is 0 Å². The number of ether oxygens (including phenoxy) is 2. The van der Waals surface area contributed by atoms with Crippen molar-refractivity contribution in [1.29, 1.82) is 0 Å². The Morgan fingerprint density at radius 2 is 2.40 bits per heavy atom. The molecule has 7 nitrogen and oxygen atoms in total. The zero-order valence-electron chi connectivity index (χ0n) is 14.2. The van der Waals surface area contributed by atoms with E-state index < -0.39 is 0 Å². The molecule has 0 aromatic carbocycles. The number of carbonyl (C=O) groups is 1. The Balaban J connectivity index is 1.53. The number of rotatable bonds is 4. The van der Waals surface area contributed by atoms with Gasteiger partial charge < -0.3 is 18.8 Å². The van der Waals surface area contributed by atoms with Crippen molar-refractivity contribution in [2.24, 2.45) is 0 Å². The third-order valence-corrected chi connectivity index (χ3v) is 4.59. The normalized spacial score (nSPS) is 19.7. The summed E-state index contributed by atoms with van der Waals surface area (Å²) in [5, 5.41) is 0. The summed E-state index contributed by atoms with van der Waals surface area (Å²) >= 11 is 0. The lowest BCUT2D eigenvalue weighted by atomic mass is 10.1. The van der Waals surface area contributed by atoms with Crippen molar-refractivity contribution < 1.29 is 18.7 Å². The molecule has 2 aromatic heterocycles. The van der Waals surface area contributed by atoms with Gasteiger partial charge >= 0.3 is 0 Å². The van der Waals surface area contributed by atoms with Crippen LogP contribution in [0.15, 0.2) is 22.7 Å². The molecule has 0 aliphatic carbocycles. The molecular weight excluding hydrogens is 322 g/mol. The van der Waals surface area contributed by atoms with Crippen molar-refractivity contribution in [2.75, 3.05) is 26.4 Å². The van der Waals surface area contributed by atoms with Crippen molar-refractivity contribution in [1.82, 2.24) is 14.9 Å². The van der Waals surface area contributed by atoms with Crippen molar-refractivity contribution in [2.45, 2.75) is 32.2 Å². The quantitative estimate of drug-likeness (QED) is 0.847. The second-order valence-corrected chi connectivity index (χ2v) is 6.25. The molecule has 1 saturated heterocycles. The van der Waals surface area contributed by atoms with Crippen LogP contribution in [0.25, 0.3) is 0 Å². The Morgan fingerprint density at radius 1 is 1.48 bits per heavy atom. The summed E-state index contributed by atoms with van der Waals surface area (Å²) in [7, 11) is 0. The maximum Gasteiger partial charge on any atom is 0.259 e. The second-order valence-electron chi connectivity index (χ2n) is 6.25. The summed E-state index contributed by atoms with van der Waals surface area (Å²) in [6, 6.07) is 3.50. The van der Waals surface area contributed by atoms with E-state index in [4.69, 9.17) is 13.9 Å². The smallest absolute Gasteiger partial charge is 0.259 e.